The summed E-state index contributed by atoms with van der Waals surface area (Å²) in [5.41, 5.74) is 2.80. The Hall–Kier alpha value is -1.55. The predicted molar refractivity (Wildman–Crippen MR) is 80.5 cm³/mol. The van der Waals surface area contributed by atoms with Gasteiger partial charge in [0.1, 0.15) is 5.75 Å². The number of piperazine rings is 1. The van der Waals surface area contributed by atoms with E-state index >= 15 is 0 Å². The van der Waals surface area contributed by atoms with Gasteiger partial charge in [-0.3, -0.25) is 4.79 Å². The molecule has 1 amide bonds. The van der Waals surface area contributed by atoms with Gasteiger partial charge in [-0.1, -0.05) is 6.92 Å². The van der Waals surface area contributed by atoms with Crippen LogP contribution in [0.25, 0.3) is 0 Å². The molecule has 1 saturated heterocycles. The molecule has 110 valence electrons. The number of amides is 1. The number of methoxy groups -OCH3 is 1. The van der Waals surface area contributed by atoms with Crippen LogP contribution < -0.4 is 4.74 Å². The van der Waals surface area contributed by atoms with E-state index in [-0.39, 0.29) is 5.91 Å². The predicted octanol–water partition coefficient (Wildman–Crippen LogP) is 2.09. The first-order valence-corrected chi connectivity index (χ1v) is 7.23. The lowest BCUT2D eigenvalue weighted by Crippen LogP contribution is -2.48. The molecule has 0 atom stereocenters. The van der Waals surface area contributed by atoms with E-state index in [1.165, 1.54) is 0 Å². The van der Waals surface area contributed by atoms with Gasteiger partial charge in [-0.05, 0) is 43.7 Å². The second-order valence-corrected chi connectivity index (χ2v) is 5.37. The highest BCUT2D eigenvalue weighted by Gasteiger charge is 2.22. The van der Waals surface area contributed by atoms with E-state index in [9.17, 15) is 4.79 Å². The smallest absolute Gasteiger partial charge is 0.253 e. The van der Waals surface area contributed by atoms with Crippen LogP contribution in [0, 0.1) is 13.8 Å². The van der Waals surface area contributed by atoms with E-state index in [1.807, 2.05) is 30.9 Å². The molecule has 1 aliphatic heterocycles. The molecule has 1 fully saturated rings. The molecule has 0 unspecified atom stereocenters. The molecule has 0 N–H and O–H groups in total. The lowest BCUT2D eigenvalue weighted by Gasteiger charge is -2.34. The van der Waals surface area contributed by atoms with Gasteiger partial charge in [0, 0.05) is 31.7 Å². The molecule has 0 saturated carbocycles. The molecule has 1 aromatic carbocycles. The Kier molecular flexibility index (Phi) is 4.65. The second kappa shape index (κ2) is 6.27. The zero-order valence-electron chi connectivity index (χ0n) is 12.9. The summed E-state index contributed by atoms with van der Waals surface area (Å²) < 4.78 is 5.35. The minimum absolute atomic E-state index is 0.134. The number of carbonyl (C=O) groups is 1. The van der Waals surface area contributed by atoms with Crippen LogP contribution in [0.4, 0.5) is 0 Å². The highest BCUT2D eigenvalue weighted by molar-refractivity contribution is 5.95. The number of aryl methyl sites for hydroxylation is 2. The summed E-state index contributed by atoms with van der Waals surface area (Å²) in [7, 11) is 1.67. The first kappa shape index (κ1) is 14.9. The van der Waals surface area contributed by atoms with E-state index in [2.05, 4.69) is 11.8 Å². The highest BCUT2D eigenvalue weighted by Crippen LogP contribution is 2.25. The molecule has 1 aliphatic rings. The SMILES string of the molecule is CCN1CCN(C(=O)c2cc(C)c(OC)c(C)c2)CC1. The minimum Gasteiger partial charge on any atom is -0.496 e. The van der Waals surface area contributed by atoms with Gasteiger partial charge in [0.25, 0.3) is 5.91 Å². The van der Waals surface area contributed by atoms with Crippen molar-refractivity contribution < 1.29 is 9.53 Å². The molecule has 0 radical (unpaired) electrons. The molecule has 0 bridgehead atoms. The summed E-state index contributed by atoms with van der Waals surface area (Å²) in [6.07, 6.45) is 0. The van der Waals surface area contributed by atoms with Crippen LogP contribution in [0.15, 0.2) is 12.1 Å². The molecule has 0 spiro atoms. The van der Waals surface area contributed by atoms with E-state index in [4.69, 9.17) is 4.74 Å². The number of rotatable bonds is 3. The van der Waals surface area contributed by atoms with Crippen molar-refractivity contribution in [2.24, 2.45) is 0 Å². The van der Waals surface area contributed by atoms with E-state index in [1.54, 1.807) is 7.11 Å². The number of nitrogens with zero attached hydrogens (tertiary/aromatic N) is 2. The van der Waals surface area contributed by atoms with Gasteiger partial charge in [0.2, 0.25) is 0 Å². The summed E-state index contributed by atoms with van der Waals surface area (Å²) in [5.74, 6) is 1.01. The fourth-order valence-electron chi connectivity index (χ4n) is 2.85. The number of benzene rings is 1. The lowest BCUT2D eigenvalue weighted by atomic mass is 10.0. The first-order valence-electron chi connectivity index (χ1n) is 7.23. The van der Waals surface area contributed by atoms with Gasteiger partial charge in [-0.25, -0.2) is 0 Å². The van der Waals surface area contributed by atoms with E-state index in [0.717, 1.165) is 55.2 Å². The van der Waals surface area contributed by atoms with Gasteiger partial charge in [0.05, 0.1) is 7.11 Å². The maximum atomic E-state index is 12.6. The molecule has 1 aromatic rings. The number of hydrogen-bond acceptors (Lipinski definition) is 3. The Morgan fingerprint density at radius 2 is 1.70 bits per heavy atom. The average molecular weight is 276 g/mol. The molecule has 2 rings (SSSR count). The largest absolute Gasteiger partial charge is 0.496 e. The molecule has 4 heteroatoms. The summed E-state index contributed by atoms with van der Waals surface area (Å²) in [5, 5.41) is 0. The first-order chi connectivity index (χ1) is 9.56. The molecular weight excluding hydrogens is 252 g/mol. The summed E-state index contributed by atoms with van der Waals surface area (Å²) in [4.78, 5) is 16.9. The van der Waals surface area contributed by atoms with Crippen molar-refractivity contribution >= 4 is 5.91 Å². The zero-order chi connectivity index (χ0) is 14.7. The Morgan fingerprint density at radius 3 is 2.15 bits per heavy atom. The van der Waals surface area contributed by atoms with Gasteiger partial charge < -0.3 is 14.5 Å². The highest BCUT2D eigenvalue weighted by atomic mass is 16.5. The third-order valence-electron chi connectivity index (χ3n) is 4.02. The molecule has 0 aliphatic carbocycles. The minimum atomic E-state index is 0.134. The summed E-state index contributed by atoms with van der Waals surface area (Å²) >= 11 is 0. The zero-order valence-corrected chi connectivity index (χ0v) is 12.9. The number of ether oxygens (including phenoxy) is 1. The standard InChI is InChI=1S/C16H24N2O2/c1-5-17-6-8-18(9-7-17)16(19)14-10-12(2)15(20-4)13(3)11-14/h10-11H,5-9H2,1-4H3. The molecule has 0 aromatic heterocycles. The topological polar surface area (TPSA) is 32.8 Å². The van der Waals surface area contributed by atoms with Crippen molar-refractivity contribution in [2.75, 3.05) is 39.8 Å². The van der Waals surface area contributed by atoms with Gasteiger partial charge in [-0.2, -0.15) is 0 Å². The summed E-state index contributed by atoms with van der Waals surface area (Å²) in [6, 6.07) is 3.86. The maximum absolute atomic E-state index is 12.6. The number of likely N-dealkylation sites (N-methyl/N-ethyl adjacent to an activating group) is 1. The lowest BCUT2D eigenvalue weighted by molar-refractivity contribution is 0.0643. The van der Waals surface area contributed by atoms with Gasteiger partial charge in [-0.15, -0.1) is 0 Å². The Bertz CT molecular complexity index is 468. The van der Waals surface area contributed by atoms with Crippen LogP contribution >= 0.6 is 0 Å². The monoisotopic (exact) mass is 276 g/mol. The van der Waals surface area contributed by atoms with Crippen molar-refractivity contribution in [3.05, 3.63) is 28.8 Å². The van der Waals surface area contributed by atoms with Crippen LogP contribution in [-0.2, 0) is 0 Å². The fraction of sp³-hybridized carbons (Fsp3) is 0.562. The van der Waals surface area contributed by atoms with Crippen LogP contribution in [0.3, 0.4) is 0 Å². The van der Waals surface area contributed by atoms with E-state index < -0.39 is 0 Å². The Morgan fingerprint density at radius 1 is 1.15 bits per heavy atom. The van der Waals surface area contributed by atoms with Crippen molar-refractivity contribution in [3.8, 4) is 5.75 Å². The van der Waals surface area contributed by atoms with Crippen LogP contribution in [0.1, 0.15) is 28.4 Å². The maximum Gasteiger partial charge on any atom is 0.253 e. The van der Waals surface area contributed by atoms with Gasteiger partial charge >= 0.3 is 0 Å². The fourth-order valence-corrected chi connectivity index (χ4v) is 2.85. The van der Waals surface area contributed by atoms with Crippen LogP contribution in [0.5, 0.6) is 5.75 Å². The third-order valence-corrected chi connectivity index (χ3v) is 4.02. The van der Waals surface area contributed by atoms with Crippen molar-refractivity contribution in [3.63, 3.8) is 0 Å². The van der Waals surface area contributed by atoms with E-state index in [0.29, 0.717) is 0 Å². The molecular formula is C16H24N2O2. The van der Waals surface area contributed by atoms with Crippen molar-refractivity contribution in [1.82, 2.24) is 9.80 Å². The molecule has 20 heavy (non-hydrogen) atoms. The van der Waals surface area contributed by atoms with Gasteiger partial charge in [0.15, 0.2) is 0 Å². The summed E-state index contributed by atoms with van der Waals surface area (Å²) in [6.45, 7) is 10.8. The average Bonchev–Trinajstić information content (AvgIpc) is 2.46. The molecule has 4 nitrogen and oxygen atoms in total. The third kappa shape index (κ3) is 2.96. The number of carbonyl (C=O) groups excluding carboxylic acids is 1. The van der Waals surface area contributed by atoms with Crippen molar-refractivity contribution in [1.29, 1.82) is 0 Å². The normalized spacial score (nSPS) is 16.3. The second-order valence-electron chi connectivity index (χ2n) is 5.37. The quantitative estimate of drug-likeness (QED) is 0.847. The van der Waals surface area contributed by atoms with Crippen LogP contribution in [-0.4, -0.2) is 55.5 Å². The van der Waals surface area contributed by atoms with Crippen LogP contribution in [0.2, 0.25) is 0 Å². The van der Waals surface area contributed by atoms with Crippen molar-refractivity contribution in [2.45, 2.75) is 20.8 Å². The number of hydrogen-bond donors (Lipinski definition) is 0. The molecule has 1 heterocycles. The Labute approximate surface area is 121 Å². The Balaban J connectivity index is 2.14.